The quantitative estimate of drug-likeness (QED) is 0.797. The molecule has 0 aromatic heterocycles. The molecule has 0 heterocycles. The number of carbonyl (C=O) groups excluding carboxylic acids is 1. The zero-order chi connectivity index (χ0) is 12.8. The maximum Gasteiger partial charge on any atom is 0.251 e. The molecule has 0 radical (unpaired) electrons. The van der Waals surface area contributed by atoms with Crippen LogP contribution in [0.3, 0.4) is 0 Å². The molecule has 0 saturated carbocycles. The number of nitrogens with one attached hydrogen (secondary N) is 1. The first-order valence-electron chi connectivity index (χ1n) is 5.34. The lowest BCUT2D eigenvalue weighted by atomic mass is 10.2. The van der Waals surface area contributed by atoms with Gasteiger partial charge in [0.15, 0.2) is 0 Å². The van der Waals surface area contributed by atoms with Gasteiger partial charge in [-0.05, 0) is 54.1 Å². The largest absolute Gasteiger partial charge is 0.496 e. The number of hydrogen-bond acceptors (Lipinski definition) is 3. The summed E-state index contributed by atoms with van der Waals surface area (Å²) in [5.41, 5.74) is 0.598. The van der Waals surface area contributed by atoms with Crippen LogP contribution in [0.5, 0.6) is 5.75 Å². The molecule has 1 rings (SSSR count). The van der Waals surface area contributed by atoms with Crippen LogP contribution < -0.4 is 10.1 Å². The van der Waals surface area contributed by atoms with Gasteiger partial charge in [-0.2, -0.15) is 0 Å². The highest BCUT2D eigenvalue weighted by atomic mass is 127. The smallest absolute Gasteiger partial charge is 0.251 e. The van der Waals surface area contributed by atoms with Gasteiger partial charge < -0.3 is 15.2 Å². The summed E-state index contributed by atoms with van der Waals surface area (Å²) in [6.07, 6.45) is 0.158. The molecule has 0 aliphatic heterocycles. The molecule has 0 aliphatic rings. The van der Waals surface area contributed by atoms with Crippen molar-refractivity contribution in [1.82, 2.24) is 5.32 Å². The molecule has 0 fully saturated rings. The number of aliphatic hydroxyl groups excluding tert-OH is 1. The van der Waals surface area contributed by atoms with E-state index in [2.05, 4.69) is 27.9 Å². The molecule has 1 aromatic carbocycles. The SMILES string of the molecule is COc1ccc(C(=O)NCCC(C)O)cc1I. The van der Waals surface area contributed by atoms with E-state index in [1.165, 1.54) is 0 Å². The molecule has 0 saturated heterocycles. The van der Waals surface area contributed by atoms with Crippen molar-refractivity contribution in [2.75, 3.05) is 13.7 Å². The van der Waals surface area contributed by atoms with Gasteiger partial charge in [-0.15, -0.1) is 0 Å². The number of halogens is 1. The third kappa shape index (κ3) is 4.51. The Morgan fingerprint density at radius 2 is 2.29 bits per heavy atom. The number of hydrogen-bond donors (Lipinski definition) is 2. The highest BCUT2D eigenvalue weighted by molar-refractivity contribution is 14.1. The minimum absolute atomic E-state index is 0.133. The molecule has 1 atom stereocenters. The highest BCUT2D eigenvalue weighted by Gasteiger charge is 2.08. The number of carbonyl (C=O) groups is 1. The Balaban J connectivity index is 2.60. The summed E-state index contributed by atoms with van der Waals surface area (Å²) in [7, 11) is 1.60. The van der Waals surface area contributed by atoms with Crippen LogP contribution in [0.2, 0.25) is 0 Å². The molecular formula is C12H16INO3. The fourth-order valence-corrected chi connectivity index (χ4v) is 2.04. The van der Waals surface area contributed by atoms with Gasteiger partial charge in [-0.3, -0.25) is 4.79 Å². The third-order valence-corrected chi connectivity index (χ3v) is 3.10. The van der Waals surface area contributed by atoms with Crippen molar-refractivity contribution in [3.63, 3.8) is 0 Å². The van der Waals surface area contributed by atoms with E-state index in [9.17, 15) is 4.79 Å². The second-order valence-electron chi connectivity index (χ2n) is 3.74. The van der Waals surface area contributed by atoms with E-state index in [4.69, 9.17) is 9.84 Å². The summed E-state index contributed by atoms with van der Waals surface area (Å²) in [6.45, 7) is 2.17. The summed E-state index contributed by atoms with van der Waals surface area (Å²) >= 11 is 2.12. The first kappa shape index (κ1) is 14.2. The summed E-state index contributed by atoms with van der Waals surface area (Å²) in [4.78, 5) is 11.7. The Labute approximate surface area is 115 Å². The monoisotopic (exact) mass is 349 g/mol. The maximum atomic E-state index is 11.7. The topological polar surface area (TPSA) is 58.6 Å². The average Bonchev–Trinajstić information content (AvgIpc) is 2.28. The van der Waals surface area contributed by atoms with E-state index in [1.807, 2.05) is 0 Å². The van der Waals surface area contributed by atoms with Gasteiger partial charge in [0, 0.05) is 12.1 Å². The Kier molecular flexibility index (Phi) is 5.70. The molecule has 1 unspecified atom stereocenters. The van der Waals surface area contributed by atoms with Crippen LogP contribution in [0.1, 0.15) is 23.7 Å². The van der Waals surface area contributed by atoms with Crippen LogP contribution in [0.25, 0.3) is 0 Å². The van der Waals surface area contributed by atoms with Crippen LogP contribution in [-0.4, -0.2) is 30.8 Å². The van der Waals surface area contributed by atoms with Crippen LogP contribution in [0.4, 0.5) is 0 Å². The van der Waals surface area contributed by atoms with Gasteiger partial charge in [0.1, 0.15) is 5.75 Å². The number of amides is 1. The molecule has 0 spiro atoms. The van der Waals surface area contributed by atoms with Gasteiger partial charge in [0.2, 0.25) is 0 Å². The Hall–Kier alpha value is -0.820. The fourth-order valence-electron chi connectivity index (χ4n) is 1.30. The van der Waals surface area contributed by atoms with Crippen molar-refractivity contribution >= 4 is 28.5 Å². The number of aliphatic hydroxyl groups is 1. The number of rotatable bonds is 5. The third-order valence-electron chi connectivity index (χ3n) is 2.26. The van der Waals surface area contributed by atoms with Crippen LogP contribution in [0.15, 0.2) is 18.2 Å². The second-order valence-corrected chi connectivity index (χ2v) is 4.91. The molecule has 0 aliphatic carbocycles. The first-order valence-corrected chi connectivity index (χ1v) is 6.42. The van der Waals surface area contributed by atoms with Crippen molar-refractivity contribution in [2.45, 2.75) is 19.4 Å². The molecule has 0 bridgehead atoms. The number of ether oxygens (including phenoxy) is 1. The molecular weight excluding hydrogens is 333 g/mol. The predicted molar refractivity (Wildman–Crippen MR) is 74.3 cm³/mol. The fraction of sp³-hybridized carbons (Fsp3) is 0.417. The van der Waals surface area contributed by atoms with E-state index in [-0.39, 0.29) is 5.91 Å². The highest BCUT2D eigenvalue weighted by Crippen LogP contribution is 2.21. The molecule has 4 nitrogen and oxygen atoms in total. The van der Waals surface area contributed by atoms with Crippen molar-refractivity contribution in [3.05, 3.63) is 27.3 Å². The molecule has 2 N–H and O–H groups in total. The second kappa shape index (κ2) is 6.80. The minimum atomic E-state index is -0.397. The Morgan fingerprint density at radius 3 is 2.82 bits per heavy atom. The lowest BCUT2D eigenvalue weighted by molar-refractivity contribution is 0.0945. The van der Waals surface area contributed by atoms with Gasteiger partial charge in [-0.25, -0.2) is 0 Å². The van der Waals surface area contributed by atoms with Crippen LogP contribution in [0, 0.1) is 3.57 Å². The van der Waals surface area contributed by atoms with Gasteiger partial charge in [0.25, 0.3) is 5.91 Å². The van der Waals surface area contributed by atoms with Crippen molar-refractivity contribution < 1.29 is 14.6 Å². The van der Waals surface area contributed by atoms with Gasteiger partial charge in [-0.1, -0.05) is 0 Å². The van der Waals surface area contributed by atoms with Gasteiger partial charge >= 0.3 is 0 Å². The van der Waals surface area contributed by atoms with E-state index in [1.54, 1.807) is 32.2 Å². The van der Waals surface area contributed by atoms with Crippen molar-refractivity contribution in [3.8, 4) is 5.75 Å². The van der Waals surface area contributed by atoms with E-state index >= 15 is 0 Å². The molecule has 1 aromatic rings. The molecule has 1 amide bonds. The Bertz CT molecular complexity index is 393. The number of benzene rings is 1. The van der Waals surface area contributed by atoms with E-state index in [0.29, 0.717) is 18.5 Å². The maximum absolute atomic E-state index is 11.7. The van der Waals surface area contributed by atoms with Crippen LogP contribution in [-0.2, 0) is 0 Å². The summed E-state index contributed by atoms with van der Waals surface area (Å²) in [6, 6.07) is 5.27. The van der Waals surface area contributed by atoms with Crippen molar-refractivity contribution in [2.24, 2.45) is 0 Å². The molecule has 94 valence electrons. The lowest BCUT2D eigenvalue weighted by Gasteiger charge is -2.08. The van der Waals surface area contributed by atoms with Gasteiger partial charge in [0.05, 0.1) is 16.8 Å². The Morgan fingerprint density at radius 1 is 1.59 bits per heavy atom. The molecule has 17 heavy (non-hydrogen) atoms. The zero-order valence-electron chi connectivity index (χ0n) is 9.87. The molecule has 5 heteroatoms. The minimum Gasteiger partial charge on any atom is -0.496 e. The zero-order valence-corrected chi connectivity index (χ0v) is 12.0. The first-order chi connectivity index (χ1) is 8.04. The van der Waals surface area contributed by atoms with Crippen LogP contribution >= 0.6 is 22.6 Å². The summed E-state index contributed by atoms with van der Waals surface area (Å²) in [5, 5.41) is 11.8. The summed E-state index contributed by atoms with van der Waals surface area (Å²) in [5.74, 6) is 0.623. The van der Waals surface area contributed by atoms with Crippen molar-refractivity contribution in [1.29, 1.82) is 0 Å². The predicted octanol–water partition coefficient (Wildman–Crippen LogP) is 1.80. The van der Waals surface area contributed by atoms with E-state index in [0.717, 1.165) is 9.32 Å². The summed E-state index contributed by atoms with van der Waals surface area (Å²) < 4.78 is 6.02. The van der Waals surface area contributed by atoms with E-state index < -0.39 is 6.10 Å². The standard InChI is InChI=1S/C12H16INO3/c1-8(15)5-6-14-12(16)9-3-4-11(17-2)10(13)7-9/h3-4,7-8,15H,5-6H2,1-2H3,(H,14,16). The average molecular weight is 349 g/mol. The normalized spacial score (nSPS) is 12.0. The lowest BCUT2D eigenvalue weighted by Crippen LogP contribution is -2.26. The number of methoxy groups -OCH3 is 1.